The molecule has 0 aromatic heterocycles. The lowest BCUT2D eigenvalue weighted by Gasteiger charge is -2.08. The van der Waals surface area contributed by atoms with Gasteiger partial charge in [0.05, 0.1) is 5.56 Å². The maximum absolute atomic E-state index is 12.2. The number of amides is 1. The van der Waals surface area contributed by atoms with Crippen LogP contribution in [0.15, 0.2) is 53.4 Å². The highest BCUT2D eigenvalue weighted by molar-refractivity contribution is 7.87. The van der Waals surface area contributed by atoms with E-state index in [-0.39, 0.29) is 22.1 Å². The monoisotopic (exact) mass is 335 g/mol. The van der Waals surface area contributed by atoms with Crippen molar-refractivity contribution in [1.82, 2.24) is 0 Å². The summed E-state index contributed by atoms with van der Waals surface area (Å²) in [6, 6.07) is 10.6. The Morgan fingerprint density at radius 3 is 2.30 bits per heavy atom. The fourth-order valence-corrected chi connectivity index (χ4v) is 2.73. The minimum absolute atomic E-state index is 0.0415. The summed E-state index contributed by atoms with van der Waals surface area (Å²) in [5.41, 5.74) is 0.339. The average Bonchev–Trinajstić information content (AvgIpc) is 2.48. The van der Waals surface area contributed by atoms with E-state index in [2.05, 4.69) is 5.32 Å². The molecule has 2 aromatic rings. The first-order valence-electron chi connectivity index (χ1n) is 6.43. The molecule has 0 saturated carbocycles. The molecule has 0 bridgehead atoms. The highest BCUT2D eigenvalue weighted by Crippen LogP contribution is 2.21. The van der Waals surface area contributed by atoms with Crippen molar-refractivity contribution < 1.29 is 27.3 Å². The van der Waals surface area contributed by atoms with E-state index in [0.717, 1.165) is 6.07 Å². The van der Waals surface area contributed by atoms with Gasteiger partial charge in [-0.1, -0.05) is 6.07 Å². The van der Waals surface area contributed by atoms with Crippen LogP contribution in [0.2, 0.25) is 0 Å². The minimum atomic E-state index is -4.16. The van der Waals surface area contributed by atoms with Crippen molar-refractivity contribution in [3.63, 3.8) is 0 Å². The zero-order valence-corrected chi connectivity index (χ0v) is 12.8. The van der Waals surface area contributed by atoms with Crippen LogP contribution in [0.25, 0.3) is 0 Å². The van der Waals surface area contributed by atoms with Gasteiger partial charge < -0.3 is 14.6 Å². The first kappa shape index (κ1) is 16.5. The molecule has 2 N–H and O–H groups in total. The Bertz CT molecular complexity index is 843. The van der Waals surface area contributed by atoms with Gasteiger partial charge in [-0.2, -0.15) is 8.42 Å². The van der Waals surface area contributed by atoms with Gasteiger partial charge in [-0.15, -0.1) is 0 Å². The maximum Gasteiger partial charge on any atom is 0.339 e. The molecule has 2 rings (SSSR count). The lowest BCUT2D eigenvalue weighted by atomic mass is 10.2. The predicted molar refractivity (Wildman–Crippen MR) is 82.0 cm³/mol. The van der Waals surface area contributed by atoms with Crippen LogP contribution in [-0.2, 0) is 14.9 Å². The molecule has 7 nitrogen and oxygen atoms in total. The second kappa shape index (κ2) is 6.49. The second-order valence-electron chi connectivity index (χ2n) is 4.58. The Hall–Kier alpha value is -2.87. The van der Waals surface area contributed by atoms with E-state index in [1.165, 1.54) is 49.4 Å². The van der Waals surface area contributed by atoms with Crippen molar-refractivity contribution in [1.29, 1.82) is 0 Å². The molecule has 0 atom stereocenters. The molecule has 0 fully saturated rings. The molecule has 0 saturated heterocycles. The van der Waals surface area contributed by atoms with Crippen LogP contribution in [0.5, 0.6) is 5.75 Å². The van der Waals surface area contributed by atoms with Crippen molar-refractivity contribution >= 4 is 27.7 Å². The van der Waals surface area contributed by atoms with Crippen LogP contribution in [0, 0.1) is 0 Å². The van der Waals surface area contributed by atoms with Crippen molar-refractivity contribution in [3.05, 3.63) is 54.1 Å². The minimum Gasteiger partial charge on any atom is -0.478 e. The van der Waals surface area contributed by atoms with E-state index >= 15 is 0 Å². The maximum atomic E-state index is 12.2. The third-order valence-corrected chi connectivity index (χ3v) is 3.99. The van der Waals surface area contributed by atoms with Crippen LogP contribution < -0.4 is 9.50 Å². The number of nitrogens with one attached hydrogen (secondary N) is 1. The van der Waals surface area contributed by atoms with Crippen LogP contribution in [0.3, 0.4) is 0 Å². The number of anilines is 1. The Balaban J connectivity index is 2.22. The van der Waals surface area contributed by atoms with E-state index in [9.17, 15) is 18.0 Å². The lowest BCUT2D eigenvalue weighted by molar-refractivity contribution is -0.114. The SMILES string of the molecule is CC(=O)Nc1ccc(OS(=O)(=O)c2cccc(C(=O)O)c2)cc1. The molecule has 2 aromatic carbocycles. The summed E-state index contributed by atoms with van der Waals surface area (Å²) in [6.07, 6.45) is 0. The van der Waals surface area contributed by atoms with Gasteiger partial charge in [-0.25, -0.2) is 4.79 Å². The van der Waals surface area contributed by atoms with Gasteiger partial charge in [0.15, 0.2) is 0 Å². The van der Waals surface area contributed by atoms with Crippen LogP contribution >= 0.6 is 0 Å². The van der Waals surface area contributed by atoms with E-state index in [1.54, 1.807) is 0 Å². The molecule has 0 radical (unpaired) electrons. The number of hydrogen-bond acceptors (Lipinski definition) is 5. The van der Waals surface area contributed by atoms with Gasteiger partial charge in [-0.05, 0) is 42.5 Å². The second-order valence-corrected chi connectivity index (χ2v) is 6.12. The number of hydrogen-bond donors (Lipinski definition) is 2. The number of carboxylic acids is 1. The van der Waals surface area contributed by atoms with Crippen molar-refractivity contribution in [2.75, 3.05) is 5.32 Å². The molecule has 0 unspecified atom stereocenters. The molecule has 0 heterocycles. The van der Waals surface area contributed by atoms with E-state index in [1.807, 2.05) is 0 Å². The van der Waals surface area contributed by atoms with E-state index in [0.29, 0.717) is 5.69 Å². The molecular weight excluding hydrogens is 322 g/mol. The summed E-state index contributed by atoms with van der Waals surface area (Å²) < 4.78 is 29.3. The molecule has 1 amide bonds. The fourth-order valence-electron chi connectivity index (χ4n) is 1.76. The number of benzene rings is 2. The van der Waals surface area contributed by atoms with Gasteiger partial charge >= 0.3 is 16.1 Å². The molecule has 0 aliphatic heterocycles. The summed E-state index contributed by atoms with van der Waals surface area (Å²) >= 11 is 0. The molecular formula is C15H13NO6S. The Morgan fingerprint density at radius 1 is 1.09 bits per heavy atom. The average molecular weight is 335 g/mol. The summed E-state index contributed by atoms with van der Waals surface area (Å²) in [6.45, 7) is 1.35. The Labute approximate surface area is 132 Å². The molecule has 120 valence electrons. The van der Waals surface area contributed by atoms with Gasteiger partial charge in [0, 0.05) is 12.6 Å². The number of aromatic carboxylic acids is 1. The van der Waals surface area contributed by atoms with Crippen LogP contribution in [0.1, 0.15) is 17.3 Å². The van der Waals surface area contributed by atoms with E-state index < -0.39 is 16.1 Å². The molecule has 0 aliphatic carbocycles. The summed E-state index contributed by atoms with van der Waals surface area (Å²) in [7, 11) is -4.16. The largest absolute Gasteiger partial charge is 0.478 e. The topological polar surface area (TPSA) is 110 Å². The zero-order chi connectivity index (χ0) is 17.0. The van der Waals surface area contributed by atoms with Crippen LogP contribution in [-0.4, -0.2) is 25.4 Å². The van der Waals surface area contributed by atoms with Crippen molar-refractivity contribution in [2.45, 2.75) is 11.8 Å². The number of carbonyl (C=O) groups excluding carboxylic acids is 1. The van der Waals surface area contributed by atoms with E-state index in [4.69, 9.17) is 9.29 Å². The third-order valence-electron chi connectivity index (χ3n) is 2.75. The first-order valence-corrected chi connectivity index (χ1v) is 7.84. The normalized spacial score (nSPS) is 10.8. The molecule has 8 heteroatoms. The summed E-state index contributed by atoms with van der Waals surface area (Å²) in [5.74, 6) is -1.45. The van der Waals surface area contributed by atoms with Crippen molar-refractivity contribution in [3.8, 4) is 5.75 Å². The standard InChI is InChI=1S/C15H13NO6S/c1-10(17)16-12-5-7-13(8-6-12)22-23(20,21)14-4-2-3-11(9-14)15(18)19/h2-9H,1H3,(H,16,17)(H,18,19). The predicted octanol–water partition coefficient (Wildman–Crippen LogP) is 2.11. The molecule has 0 aliphatic rings. The summed E-state index contributed by atoms with van der Waals surface area (Å²) in [5, 5.41) is 11.4. The third kappa shape index (κ3) is 4.30. The highest BCUT2D eigenvalue weighted by atomic mass is 32.2. The van der Waals surface area contributed by atoms with Gasteiger partial charge in [-0.3, -0.25) is 4.79 Å². The van der Waals surface area contributed by atoms with Gasteiger partial charge in [0.1, 0.15) is 10.6 Å². The van der Waals surface area contributed by atoms with Gasteiger partial charge in [0.25, 0.3) is 0 Å². The molecule has 0 spiro atoms. The Kier molecular flexibility index (Phi) is 4.65. The number of carbonyl (C=O) groups is 2. The smallest absolute Gasteiger partial charge is 0.339 e. The Morgan fingerprint density at radius 2 is 1.74 bits per heavy atom. The number of rotatable bonds is 5. The van der Waals surface area contributed by atoms with Crippen LogP contribution in [0.4, 0.5) is 5.69 Å². The van der Waals surface area contributed by atoms with Gasteiger partial charge in [0.2, 0.25) is 5.91 Å². The molecule has 23 heavy (non-hydrogen) atoms. The summed E-state index contributed by atoms with van der Waals surface area (Å²) in [4.78, 5) is 21.5. The zero-order valence-electron chi connectivity index (χ0n) is 12.0. The number of carboxylic acid groups (broad SMARTS) is 1. The first-order chi connectivity index (χ1) is 10.8. The highest BCUT2D eigenvalue weighted by Gasteiger charge is 2.18. The quantitative estimate of drug-likeness (QED) is 0.810. The lowest BCUT2D eigenvalue weighted by Crippen LogP contribution is -2.11. The van der Waals surface area contributed by atoms with Crippen molar-refractivity contribution in [2.24, 2.45) is 0 Å². The fraction of sp³-hybridized carbons (Fsp3) is 0.0667.